The van der Waals surface area contributed by atoms with Crippen molar-refractivity contribution in [1.29, 1.82) is 0 Å². The quantitative estimate of drug-likeness (QED) is 0.754. The minimum Gasteiger partial charge on any atom is -0.279 e. The molecule has 1 saturated carbocycles. The number of hydrogen-bond donors (Lipinski definition) is 1. The summed E-state index contributed by atoms with van der Waals surface area (Å²) in [4.78, 5) is 10.7. The van der Waals surface area contributed by atoms with Gasteiger partial charge in [-0.1, -0.05) is 4.98 Å². The van der Waals surface area contributed by atoms with Gasteiger partial charge in [0.05, 0.1) is 6.20 Å². The molecule has 2 aromatic heterocycles. The topological polar surface area (TPSA) is 42.8 Å². The van der Waals surface area contributed by atoms with Gasteiger partial charge in [-0.3, -0.25) is 4.98 Å². The van der Waals surface area contributed by atoms with Crippen molar-refractivity contribution < 1.29 is 4.98 Å². The molecule has 0 spiro atoms. The van der Waals surface area contributed by atoms with Crippen LogP contribution in [0.3, 0.4) is 0 Å². The fraction of sp³-hybridized carbons (Fsp3) is 0.400. The minimum atomic E-state index is 0.593. The lowest BCUT2D eigenvalue weighted by molar-refractivity contribution is -0.366. The second kappa shape index (κ2) is 2.95. The highest BCUT2D eigenvalue weighted by Gasteiger charge is 2.25. The molecule has 3 nitrogen and oxygen atoms in total. The lowest BCUT2D eigenvalue weighted by atomic mass is 10.3. The molecule has 0 atom stereocenters. The van der Waals surface area contributed by atoms with E-state index in [1.165, 1.54) is 12.8 Å². The Morgan fingerprint density at radius 1 is 1.57 bits per heavy atom. The van der Waals surface area contributed by atoms with E-state index in [2.05, 4.69) is 15.0 Å². The van der Waals surface area contributed by atoms with Crippen LogP contribution in [0.4, 0.5) is 0 Å². The molecule has 1 aliphatic carbocycles. The summed E-state index contributed by atoms with van der Waals surface area (Å²) < 4.78 is 0. The van der Waals surface area contributed by atoms with Crippen LogP contribution in [-0.2, 0) is 6.42 Å². The van der Waals surface area contributed by atoms with Gasteiger partial charge in [-0.05, 0) is 36.4 Å². The van der Waals surface area contributed by atoms with Crippen LogP contribution < -0.4 is 4.98 Å². The summed E-state index contributed by atoms with van der Waals surface area (Å²) in [6.07, 6.45) is 5.55. The van der Waals surface area contributed by atoms with Gasteiger partial charge in [0.1, 0.15) is 5.39 Å². The van der Waals surface area contributed by atoms with E-state index in [9.17, 15) is 0 Å². The van der Waals surface area contributed by atoms with Crippen molar-refractivity contribution in [3.8, 4) is 0 Å². The number of aromatic nitrogens is 3. The second-order valence-electron chi connectivity index (χ2n) is 3.89. The van der Waals surface area contributed by atoms with Gasteiger partial charge < -0.3 is 0 Å². The van der Waals surface area contributed by atoms with Gasteiger partial charge in [0, 0.05) is 6.42 Å². The van der Waals surface area contributed by atoms with Gasteiger partial charge in [0.25, 0.3) is 0 Å². The maximum absolute atomic E-state index is 6.06. The van der Waals surface area contributed by atoms with E-state index in [-0.39, 0.29) is 0 Å². The number of halogens is 1. The summed E-state index contributed by atoms with van der Waals surface area (Å²) in [5, 5.41) is 1.56. The van der Waals surface area contributed by atoms with Gasteiger partial charge in [-0.2, -0.15) is 0 Å². The van der Waals surface area contributed by atoms with Gasteiger partial charge in [-0.25, -0.2) is 4.98 Å². The van der Waals surface area contributed by atoms with Crippen molar-refractivity contribution in [2.75, 3.05) is 0 Å². The standard InChI is InChI=1S/C10H10ClN3/c11-9-7-3-4-12-10(7)14-8(13-9)5-6-1-2-6/h3-4,6H,1-2,5H2,(H,12,13,14)/p+1. The first kappa shape index (κ1) is 8.24. The third-order valence-corrected chi connectivity index (χ3v) is 2.94. The molecule has 14 heavy (non-hydrogen) atoms. The molecule has 1 aliphatic rings. The smallest absolute Gasteiger partial charge is 0.238 e. The summed E-state index contributed by atoms with van der Waals surface area (Å²) in [7, 11) is 0. The van der Waals surface area contributed by atoms with E-state index in [1.54, 1.807) is 0 Å². The van der Waals surface area contributed by atoms with Crippen LogP contribution in [0.25, 0.3) is 11.0 Å². The van der Waals surface area contributed by atoms with Crippen molar-refractivity contribution in [2.45, 2.75) is 19.3 Å². The summed E-state index contributed by atoms with van der Waals surface area (Å²) in [5.74, 6) is 1.81. The molecule has 0 saturated heterocycles. The van der Waals surface area contributed by atoms with E-state index >= 15 is 0 Å². The molecule has 2 N–H and O–H groups in total. The number of nitrogens with zero attached hydrogens (tertiary/aromatic N) is 1. The Kier molecular flexibility index (Phi) is 1.74. The Bertz CT molecular complexity index is 473. The van der Waals surface area contributed by atoms with Gasteiger partial charge in [0.15, 0.2) is 0 Å². The first-order valence-electron chi connectivity index (χ1n) is 4.88. The Balaban J connectivity index is 2.06. The molecule has 0 radical (unpaired) electrons. The number of H-pyrrole nitrogens is 2. The first-order chi connectivity index (χ1) is 6.83. The molecule has 4 heteroatoms. The first-order valence-corrected chi connectivity index (χ1v) is 5.25. The molecule has 0 aromatic carbocycles. The highest BCUT2D eigenvalue weighted by atomic mass is 35.5. The fourth-order valence-corrected chi connectivity index (χ4v) is 1.95. The molecule has 0 unspecified atom stereocenters. The SMILES string of the molecule is Clc1nc(CC2CC2)[nH+]c2[nH]ccc12. The maximum atomic E-state index is 6.06. The maximum Gasteiger partial charge on any atom is 0.238 e. The zero-order valence-corrected chi connectivity index (χ0v) is 8.43. The predicted octanol–water partition coefficient (Wildman–Crippen LogP) is 1.98. The molecule has 2 aromatic rings. The monoisotopic (exact) mass is 208 g/mol. The highest BCUT2D eigenvalue weighted by molar-refractivity contribution is 6.33. The zero-order valence-electron chi connectivity index (χ0n) is 7.68. The fourth-order valence-electron chi connectivity index (χ4n) is 1.69. The van der Waals surface area contributed by atoms with E-state index < -0.39 is 0 Å². The van der Waals surface area contributed by atoms with Crippen LogP contribution in [0.1, 0.15) is 18.7 Å². The van der Waals surface area contributed by atoms with E-state index in [0.717, 1.165) is 29.2 Å². The molecule has 0 aliphatic heterocycles. The number of aromatic amines is 2. The van der Waals surface area contributed by atoms with Crippen molar-refractivity contribution in [3.63, 3.8) is 0 Å². The third-order valence-electron chi connectivity index (χ3n) is 2.65. The molecule has 1 fully saturated rings. The van der Waals surface area contributed by atoms with E-state index in [1.807, 2.05) is 12.3 Å². The Hall–Kier alpha value is -1.09. The molecule has 3 rings (SSSR count). The van der Waals surface area contributed by atoms with E-state index in [0.29, 0.717) is 5.15 Å². The number of hydrogen-bond acceptors (Lipinski definition) is 1. The highest BCUT2D eigenvalue weighted by Crippen LogP contribution is 2.31. The van der Waals surface area contributed by atoms with Crippen LogP contribution in [0.2, 0.25) is 5.15 Å². The average molecular weight is 209 g/mol. The summed E-state index contributed by atoms with van der Waals surface area (Å²) in [6, 6.07) is 1.93. The van der Waals surface area contributed by atoms with Gasteiger partial charge in [-0.15, -0.1) is 0 Å². The lowest BCUT2D eigenvalue weighted by Gasteiger charge is -1.93. The molecular formula is C10H11ClN3+. The van der Waals surface area contributed by atoms with Crippen LogP contribution in [0.5, 0.6) is 0 Å². The lowest BCUT2D eigenvalue weighted by Crippen LogP contribution is -2.15. The number of fused-ring (bicyclic) bond motifs is 1. The summed E-state index contributed by atoms with van der Waals surface area (Å²) in [6.45, 7) is 0. The molecule has 0 bridgehead atoms. The number of nitrogens with one attached hydrogen (secondary N) is 2. The average Bonchev–Trinajstić information content (AvgIpc) is 2.82. The van der Waals surface area contributed by atoms with Gasteiger partial charge in [0.2, 0.25) is 16.6 Å². The summed E-state index contributed by atoms with van der Waals surface area (Å²) in [5.41, 5.74) is 0.973. The molecular weight excluding hydrogens is 198 g/mol. The predicted molar refractivity (Wildman–Crippen MR) is 54.1 cm³/mol. The largest absolute Gasteiger partial charge is 0.279 e. The van der Waals surface area contributed by atoms with Crippen molar-refractivity contribution in [2.24, 2.45) is 5.92 Å². The second-order valence-corrected chi connectivity index (χ2v) is 4.25. The normalized spacial score (nSPS) is 16.4. The van der Waals surface area contributed by atoms with Crippen LogP contribution in [-0.4, -0.2) is 9.97 Å². The van der Waals surface area contributed by atoms with Gasteiger partial charge >= 0.3 is 0 Å². The van der Waals surface area contributed by atoms with Crippen LogP contribution in [0, 0.1) is 5.92 Å². The molecule has 72 valence electrons. The van der Waals surface area contributed by atoms with Crippen LogP contribution in [0.15, 0.2) is 12.3 Å². The Labute approximate surface area is 86.5 Å². The van der Waals surface area contributed by atoms with Crippen molar-refractivity contribution in [3.05, 3.63) is 23.2 Å². The van der Waals surface area contributed by atoms with Crippen molar-refractivity contribution >= 4 is 22.6 Å². The molecule has 0 amide bonds. The molecule has 2 heterocycles. The van der Waals surface area contributed by atoms with Crippen LogP contribution >= 0.6 is 11.6 Å². The number of rotatable bonds is 2. The van der Waals surface area contributed by atoms with E-state index in [4.69, 9.17) is 11.6 Å². The Morgan fingerprint density at radius 2 is 2.43 bits per heavy atom. The third kappa shape index (κ3) is 1.38. The summed E-state index contributed by atoms with van der Waals surface area (Å²) >= 11 is 6.06. The van der Waals surface area contributed by atoms with Crippen molar-refractivity contribution in [1.82, 2.24) is 9.97 Å². The zero-order chi connectivity index (χ0) is 9.54. The minimum absolute atomic E-state index is 0.593. The Morgan fingerprint density at radius 3 is 3.21 bits per heavy atom.